The number of aryl methyl sites for hydroxylation is 1. The van der Waals surface area contributed by atoms with E-state index < -0.39 is 0 Å². The van der Waals surface area contributed by atoms with E-state index in [9.17, 15) is 4.79 Å². The first-order valence-electron chi connectivity index (χ1n) is 6.90. The van der Waals surface area contributed by atoms with Crippen molar-refractivity contribution in [3.8, 4) is 0 Å². The van der Waals surface area contributed by atoms with Crippen LogP contribution >= 0.6 is 0 Å². The van der Waals surface area contributed by atoms with Gasteiger partial charge >= 0.3 is 0 Å². The molecular weight excluding hydrogens is 222 g/mol. The molecule has 0 bridgehead atoms. The molecule has 1 aromatic rings. The minimum atomic E-state index is 0.152. The first-order valence-corrected chi connectivity index (χ1v) is 6.90. The summed E-state index contributed by atoms with van der Waals surface area (Å²) in [7, 11) is 0. The summed E-state index contributed by atoms with van der Waals surface area (Å²) in [6.45, 7) is 10.5. The molecule has 0 aliphatic carbocycles. The van der Waals surface area contributed by atoms with Crippen LogP contribution in [0.2, 0.25) is 0 Å². The van der Waals surface area contributed by atoms with Crippen LogP contribution in [0.4, 0.5) is 0 Å². The van der Waals surface area contributed by atoms with Crippen molar-refractivity contribution < 1.29 is 4.79 Å². The Balaban J connectivity index is 2.98. The predicted octanol–water partition coefficient (Wildman–Crippen LogP) is 4.03. The van der Waals surface area contributed by atoms with E-state index in [1.807, 2.05) is 36.1 Å². The van der Waals surface area contributed by atoms with Crippen LogP contribution in [0.1, 0.15) is 56.5 Å². The summed E-state index contributed by atoms with van der Waals surface area (Å²) in [5, 5.41) is 0. The predicted molar refractivity (Wildman–Crippen MR) is 76.9 cm³/mol. The first kappa shape index (κ1) is 14.7. The lowest BCUT2D eigenvalue weighted by molar-refractivity contribution is 0.0598. The maximum atomic E-state index is 12.6. The second-order valence-electron chi connectivity index (χ2n) is 5.09. The summed E-state index contributed by atoms with van der Waals surface area (Å²) < 4.78 is 0. The van der Waals surface area contributed by atoms with Gasteiger partial charge in [-0.1, -0.05) is 31.5 Å². The van der Waals surface area contributed by atoms with Gasteiger partial charge in [-0.05, 0) is 45.7 Å². The normalized spacial score (nSPS) is 14.1. The second-order valence-corrected chi connectivity index (χ2v) is 5.09. The van der Waals surface area contributed by atoms with Gasteiger partial charge in [0, 0.05) is 17.6 Å². The quantitative estimate of drug-likeness (QED) is 0.769. The Morgan fingerprint density at radius 2 is 1.50 bits per heavy atom. The highest BCUT2D eigenvalue weighted by atomic mass is 16.2. The van der Waals surface area contributed by atoms with E-state index in [2.05, 4.69) is 27.7 Å². The number of hydrogen-bond acceptors (Lipinski definition) is 1. The van der Waals surface area contributed by atoms with Gasteiger partial charge in [-0.25, -0.2) is 0 Å². The Labute approximate surface area is 111 Å². The van der Waals surface area contributed by atoms with Crippen molar-refractivity contribution in [1.82, 2.24) is 4.90 Å². The fraction of sp³-hybridized carbons (Fsp3) is 0.562. The molecule has 0 radical (unpaired) electrons. The van der Waals surface area contributed by atoms with E-state index in [1.54, 1.807) is 0 Å². The molecule has 1 aromatic carbocycles. The summed E-state index contributed by atoms with van der Waals surface area (Å²) in [5.74, 6) is 0.152. The number of amides is 1. The summed E-state index contributed by atoms with van der Waals surface area (Å²) in [6, 6.07) is 8.42. The lowest BCUT2D eigenvalue weighted by atomic mass is 10.1. The van der Waals surface area contributed by atoms with Gasteiger partial charge in [0.15, 0.2) is 0 Å². The average molecular weight is 247 g/mol. The molecule has 100 valence electrons. The van der Waals surface area contributed by atoms with Gasteiger partial charge in [0.1, 0.15) is 0 Å². The van der Waals surface area contributed by atoms with Crippen LogP contribution in [0.5, 0.6) is 0 Å². The van der Waals surface area contributed by atoms with E-state index in [0.29, 0.717) is 0 Å². The van der Waals surface area contributed by atoms with Crippen LogP contribution in [0.3, 0.4) is 0 Å². The third-order valence-corrected chi connectivity index (χ3v) is 3.66. The van der Waals surface area contributed by atoms with Gasteiger partial charge in [0.05, 0.1) is 0 Å². The zero-order valence-corrected chi connectivity index (χ0v) is 12.2. The molecule has 2 unspecified atom stereocenters. The van der Waals surface area contributed by atoms with Crippen LogP contribution in [0.15, 0.2) is 24.3 Å². The van der Waals surface area contributed by atoms with E-state index in [-0.39, 0.29) is 18.0 Å². The largest absolute Gasteiger partial charge is 0.333 e. The maximum Gasteiger partial charge on any atom is 0.254 e. The molecule has 0 N–H and O–H groups in total. The molecule has 0 saturated carbocycles. The molecule has 1 amide bonds. The molecule has 0 spiro atoms. The fourth-order valence-corrected chi connectivity index (χ4v) is 2.07. The molecule has 0 aromatic heterocycles. The molecule has 1 rings (SSSR count). The monoisotopic (exact) mass is 247 g/mol. The van der Waals surface area contributed by atoms with Crippen molar-refractivity contribution in [3.05, 3.63) is 35.4 Å². The number of nitrogens with zero attached hydrogens (tertiary/aromatic N) is 1. The highest BCUT2D eigenvalue weighted by Crippen LogP contribution is 2.16. The number of carbonyl (C=O) groups is 1. The van der Waals surface area contributed by atoms with Gasteiger partial charge in [0.25, 0.3) is 5.91 Å². The SMILES string of the molecule is CCC(C)N(C(=O)c1ccc(C)cc1)C(C)CC. The standard InChI is InChI=1S/C16H25NO/c1-6-13(4)17(14(5)7-2)16(18)15-10-8-12(3)9-11-15/h8-11,13-14H,6-7H2,1-5H3. The minimum absolute atomic E-state index is 0.152. The Bertz CT molecular complexity index is 373. The zero-order chi connectivity index (χ0) is 13.7. The van der Waals surface area contributed by atoms with E-state index in [1.165, 1.54) is 5.56 Å². The average Bonchev–Trinajstić information content (AvgIpc) is 2.39. The highest BCUT2D eigenvalue weighted by Gasteiger charge is 2.24. The summed E-state index contributed by atoms with van der Waals surface area (Å²) in [5.41, 5.74) is 1.98. The van der Waals surface area contributed by atoms with Crippen LogP contribution < -0.4 is 0 Å². The fourth-order valence-electron chi connectivity index (χ4n) is 2.07. The first-order chi connectivity index (χ1) is 8.51. The third-order valence-electron chi connectivity index (χ3n) is 3.66. The van der Waals surface area contributed by atoms with E-state index in [0.717, 1.165) is 18.4 Å². The van der Waals surface area contributed by atoms with E-state index in [4.69, 9.17) is 0 Å². The Morgan fingerprint density at radius 1 is 1.06 bits per heavy atom. The second kappa shape index (κ2) is 6.58. The Hall–Kier alpha value is -1.31. The van der Waals surface area contributed by atoms with Gasteiger partial charge in [-0.2, -0.15) is 0 Å². The molecule has 0 saturated heterocycles. The zero-order valence-electron chi connectivity index (χ0n) is 12.2. The number of carbonyl (C=O) groups excluding carboxylic acids is 1. The lowest BCUT2D eigenvalue weighted by Crippen LogP contribution is -2.44. The maximum absolute atomic E-state index is 12.6. The molecular formula is C16H25NO. The van der Waals surface area contributed by atoms with Crippen molar-refractivity contribution >= 4 is 5.91 Å². The lowest BCUT2D eigenvalue weighted by Gasteiger charge is -2.34. The van der Waals surface area contributed by atoms with Gasteiger partial charge < -0.3 is 4.90 Å². The smallest absolute Gasteiger partial charge is 0.254 e. The van der Waals surface area contributed by atoms with Crippen LogP contribution in [0.25, 0.3) is 0 Å². The summed E-state index contributed by atoms with van der Waals surface area (Å²) in [6.07, 6.45) is 1.98. The molecule has 0 aliphatic heterocycles. The van der Waals surface area contributed by atoms with Crippen LogP contribution in [-0.2, 0) is 0 Å². The highest BCUT2D eigenvalue weighted by molar-refractivity contribution is 5.94. The number of rotatable bonds is 5. The van der Waals surface area contributed by atoms with Crippen molar-refractivity contribution in [2.75, 3.05) is 0 Å². The van der Waals surface area contributed by atoms with Crippen molar-refractivity contribution in [2.24, 2.45) is 0 Å². The molecule has 2 heteroatoms. The molecule has 18 heavy (non-hydrogen) atoms. The molecule has 0 heterocycles. The topological polar surface area (TPSA) is 20.3 Å². The van der Waals surface area contributed by atoms with Crippen LogP contribution in [-0.4, -0.2) is 22.9 Å². The number of hydrogen-bond donors (Lipinski definition) is 0. The minimum Gasteiger partial charge on any atom is -0.333 e. The van der Waals surface area contributed by atoms with Crippen molar-refractivity contribution in [2.45, 2.75) is 59.5 Å². The molecule has 2 atom stereocenters. The van der Waals surface area contributed by atoms with Gasteiger partial charge in [0.2, 0.25) is 0 Å². The Morgan fingerprint density at radius 3 is 1.89 bits per heavy atom. The molecule has 2 nitrogen and oxygen atoms in total. The molecule has 0 aliphatic rings. The molecule has 0 fully saturated rings. The number of benzene rings is 1. The van der Waals surface area contributed by atoms with Crippen molar-refractivity contribution in [1.29, 1.82) is 0 Å². The van der Waals surface area contributed by atoms with Crippen LogP contribution in [0, 0.1) is 6.92 Å². The third kappa shape index (κ3) is 3.34. The van der Waals surface area contributed by atoms with Gasteiger partial charge in [-0.3, -0.25) is 4.79 Å². The summed E-state index contributed by atoms with van der Waals surface area (Å²) >= 11 is 0. The summed E-state index contributed by atoms with van der Waals surface area (Å²) in [4.78, 5) is 14.6. The van der Waals surface area contributed by atoms with Gasteiger partial charge in [-0.15, -0.1) is 0 Å². The van der Waals surface area contributed by atoms with E-state index >= 15 is 0 Å². The van der Waals surface area contributed by atoms with Crippen molar-refractivity contribution in [3.63, 3.8) is 0 Å². The Kier molecular flexibility index (Phi) is 5.39.